The highest BCUT2D eigenvalue weighted by molar-refractivity contribution is 5.50. The first kappa shape index (κ1) is 16.0. The van der Waals surface area contributed by atoms with E-state index in [9.17, 15) is 0 Å². The molecule has 21 heavy (non-hydrogen) atoms. The normalized spacial score (nSPS) is 19.3. The summed E-state index contributed by atoms with van der Waals surface area (Å²) in [5.41, 5.74) is 0.548. The van der Waals surface area contributed by atoms with Crippen LogP contribution in [0.5, 0.6) is 0 Å². The van der Waals surface area contributed by atoms with Gasteiger partial charge in [0.15, 0.2) is 5.82 Å². The van der Waals surface area contributed by atoms with Gasteiger partial charge in [-0.3, -0.25) is 0 Å². The van der Waals surface area contributed by atoms with E-state index in [4.69, 9.17) is 4.74 Å². The molecule has 0 radical (unpaired) electrons. The van der Waals surface area contributed by atoms with Gasteiger partial charge in [0, 0.05) is 25.8 Å². The number of hydrogen-bond acceptors (Lipinski definition) is 5. The number of methoxy groups -OCH3 is 1. The Kier molecular flexibility index (Phi) is 4.42. The fraction of sp³-hybridized carbons (Fsp3) is 0.750. The van der Waals surface area contributed by atoms with Crippen LogP contribution in [0, 0.1) is 10.8 Å². The van der Waals surface area contributed by atoms with Gasteiger partial charge < -0.3 is 15.4 Å². The van der Waals surface area contributed by atoms with Gasteiger partial charge in [0.2, 0.25) is 0 Å². The number of anilines is 2. The Morgan fingerprint density at radius 3 is 2.29 bits per heavy atom. The number of aromatic nitrogens is 2. The molecule has 0 spiro atoms. The summed E-state index contributed by atoms with van der Waals surface area (Å²) in [7, 11) is 1.66. The zero-order chi connectivity index (χ0) is 15.7. The van der Waals surface area contributed by atoms with Crippen molar-refractivity contribution < 1.29 is 4.74 Å². The van der Waals surface area contributed by atoms with Crippen LogP contribution >= 0.6 is 0 Å². The van der Waals surface area contributed by atoms with Crippen LogP contribution in [0.4, 0.5) is 11.6 Å². The van der Waals surface area contributed by atoms with Crippen molar-refractivity contribution in [3.63, 3.8) is 0 Å². The summed E-state index contributed by atoms with van der Waals surface area (Å²) in [5.74, 6) is 2.44. The maximum Gasteiger partial charge on any atom is 0.158 e. The molecule has 5 nitrogen and oxygen atoms in total. The van der Waals surface area contributed by atoms with Gasteiger partial charge in [-0.2, -0.15) is 0 Å². The fourth-order valence-corrected chi connectivity index (χ4v) is 2.81. The van der Waals surface area contributed by atoms with Gasteiger partial charge in [-0.05, 0) is 17.3 Å². The van der Waals surface area contributed by atoms with E-state index in [1.807, 2.05) is 6.07 Å². The van der Waals surface area contributed by atoms with Gasteiger partial charge in [0.05, 0.1) is 0 Å². The first-order valence-electron chi connectivity index (χ1n) is 7.70. The maximum atomic E-state index is 5.16. The third-order valence-electron chi connectivity index (χ3n) is 4.91. The van der Waals surface area contributed by atoms with Crippen molar-refractivity contribution in [2.24, 2.45) is 10.8 Å². The highest BCUT2D eigenvalue weighted by Crippen LogP contribution is 2.63. The summed E-state index contributed by atoms with van der Waals surface area (Å²) in [6.45, 7) is 12.6. The Bertz CT molecular complexity index is 485. The van der Waals surface area contributed by atoms with Crippen LogP contribution in [-0.4, -0.2) is 29.7 Å². The minimum Gasteiger partial charge on any atom is -0.377 e. The number of ether oxygens (including phenoxy) is 1. The quantitative estimate of drug-likeness (QED) is 0.807. The van der Waals surface area contributed by atoms with Gasteiger partial charge in [-0.1, -0.05) is 34.6 Å². The minimum atomic E-state index is 0.274. The SMILES string of the molecule is CCCNc1cc(NC2C(C)(C)C2(C)C)nc(COC)n1. The molecule has 1 aliphatic carbocycles. The lowest BCUT2D eigenvalue weighted by atomic mass is 10.0. The molecule has 0 unspecified atom stereocenters. The molecule has 5 heteroatoms. The van der Waals surface area contributed by atoms with Gasteiger partial charge in [0.25, 0.3) is 0 Å². The van der Waals surface area contributed by atoms with Gasteiger partial charge in [-0.25, -0.2) is 9.97 Å². The zero-order valence-electron chi connectivity index (χ0n) is 14.1. The highest BCUT2D eigenvalue weighted by atomic mass is 16.5. The van der Waals surface area contributed by atoms with Crippen LogP contribution in [0.1, 0.15) is 46.9 Å². The average molecular weight is 292 g/mol. The van der Waals surface area contributed by atoms with E-state index in [0.29, 0.717) is 18.5 Å². The monoisotopic (exact) mass is 292 g/mol. The number of nitrogens with one attached hydrogen (secondary N) is 2. The summed E-state index contributed by atoms with van der Waals surface area (Å²) >= 11 is 0. The van der Waals surface area contributed by atoms with Crippen molar-refractivity contribution in [1.82, 2.24) is 9.97 Å². The molecule has 0 amide bonds. The van der Waals surface area contributed by atoms with Crippen LogP contribution in [0.15, 0.2) is 6.07 Å². The van der Waals surface area contributed by atoms with E-state index < -0.39 is 0 Å². The van der Waals surface area contributed by atoms with Gasteiger partial charge in [0.1, 0.15) is 18.2 Å². The summed E-state index contributed by atoms with van der Waals surface area (Å²) in [5, 5.41) is 6.89. The summed E-state index contributed by atoms with van der Waals surface area (Å²) < 4.78 is 5.16. The number of rotatable bonds is 7. The first-order chi connectivity index (χ1) is 9.82. The molecular formula is C16H28N4O. The van der Waals surface area contributed by atoms with Crippen molar-refractivity contribution in [2.45, 2.75) is 53.7 Å². The third kappa shape index (κ3) is 3.12. The molecule has 0 bridgehead atoms. The smallest absolute Gasteiger partial charge is 0.158 e. The lowest BCUT2D eigenvalue weighted by Gasteiger charge is -2.12. The maximum absolute atomic E-state index is 5.16. The van der Waals surface area contributed by atoms with Gasteiger partial charge >= 0.3 is 0 Å². The fourth-order valence-electron chi connectivity index (χ4n) is 2.81. The van der Waals surface area contributed by atoms with Crippen LogP contribution < -0.4 is 10.6 Å². The molecular weight excluding hydrogens is 264 g/mol. The summed E-state index contributed by atoms with van der Waals surface area (Å²) in [4.78, 5) is 9.03. The molecule has 0 saturated heterocycles. The predicted octanol–water partition coefficient (Wildman–Crippen LogP) is 3.29. The van der Waals surface area contributed by atoms with Crippen molar-refractivity contribution in [3.8, 4) is 0 Å². The Morgan fingerprint density at radius 1 is 1.14 bits per heavy atom. The molecule has 1 saturated carbocycles. The largest absolute Gasteiger partial charge is 0.377 e. The van der Waals surface area contributed by atoms with E-state index in [0.717, 1.165) is 24.6 Å². The Labute approximate surface area is 127 Å². The van der Waals surface area contributed by atoms with Gasteiger partial charge in [-0.15, -0.1) is 0 Å². The molecule has 2 rings (SSSR count). The standard InChI is InChI=1S/C16H28N4O/c1-7-8-17-11-9-12(19-13(18-11)10-21-6)20-14-15(2,3)16(14,4)5/h9,14H,7-8,10H2,1-6H3,(H2,17,18,19,20). The summed E-state index contributed by atoms with van der Waals surface area (Å²) in [6, 6.07) is 2.41. The van der Waals surface area contributed by atoms with Crippen molar-refractivity contribution in [3.05, 3.63) is 11.9 Å². The second kappa shape index (κ2) is 5.79. The van der Waals surface area contributed by atoms with Crippen molar-refractivity contribution in [1.29, 1.82) is 0 Å². The highest BCUT2D eigenvalue weighted by Gasteiger charge is 2.65. The summed E-state index contributed by atoms with van der Waals surface area (Å²) in [6.07, 6.45) is 1.06. The van der Waals surface area contributed by atoms with Crippen LogP contribution in [0.2, 0.25) is 0 Å². The average Bonchev–Trinajstić information content (AvgIpc) is 2.79. The lowest BCUT2D eigenvalue weighted by Crippen LogP contribution is -2.14. The Hall–Kier alpha value is -1.36. The Balaban J connectivity index is 2.16. The third-order valence-corrected chi connectivity index (χ3v) is 4.91. The topological polar surface area (TPSA) is 59.1 Å². The minimum absolute atomic E-state index is 0.274. The van der Waals surface area contributed by atoms with Crippen LogP contribution in [0.3, 0.4) is 0 Å². The molecule has 1 fully saturated rings. The second-order valence-corrected chi connectivity index (χ2v) is 6.94. The predicted molar refractivity (Wildman–Crippen MR) is 86.5 cm³/mol. The second-order valence-electron chi connectivity index (χ2n) is 6.94. The first-order valence-corrected chi connectivity index (χ1v) is 7.70. The molecule has 1 aromatic heterocycles. The number of hydrogen-bond donors (Lipinski definition) is 2. The van der Waals surface area contributed by atoms with E-state index in [1.54, 1.807) is 7.11 Å². The van der Waals surface area contributed by atoms with E-state index in [2.05, 4.69) is 55.2 Å². The van der Waals surface area contributed by atoms with Crippen LogP contribution in [0.25, 0.3) is 0 Å². The molecule has 1 aromatic rings. The molecule has 0 aliphatic heterocycles. The number of nitrogens with zero attached hydrogens (tertiary/aromatic N) is 2. The molecule has 2 N–H and O–H groups in total. The lowest BCUT2D eigenvalue weighted by molar-refractivity contribution is 0.178. The zero-order valence-corrected chi connectivity index (χ0v) is 14.1. The van der Waals surface area contributed by atoms with Crippen molar-refractivity contribution >= 4 is 11.6 Å². The molecule has 1 heterocycles. The molecule has 118 valence electrons. The van der Waals surface area contributed by atoms with E-state index in [-0.39, 0.29) is 10.8 Å². The molecule has 1 aliphatic rings. The van der Waals surface area contributed by atoms with E-state index in [1.165, 1.54) is 0 Å². The van der Waals surface area contributed by atoms with Crippen molar-refractivity contribution in [2.75, 3.05) is 24.3 Å². The van der Waals surface area contributed by atoms with Crippen LogP contribution in [-0.2, 0) is 11.3 Å². The molecule has 0 atom stereocenters. The molecule has 0 aromatic carbocycles. The van der Waals surface area contributed by atoms with E-state index >= 15 is 0 Å². The Morgan fingerprint density at radius 2 is 1.76 bits per heavy atom.